The lowest BCUT2D eigenvalue weighted by molar-refractivity contribution is -0.121. The molecule has 28 heavy (non-hydrogen) atoms. The SMILES string of the molecule is Cc1ccc(-c2cnc(CCC(=O)NCCc3nc4c(s3)CCCC4)o2)cc1. The molecule has 2 heterocycles. The maximum absolute atomic E-state index is 12.1. The Hall–Kier alpha value is -2.47. The van der Waals surface area contributed by atoms with Crippen molar-refractivity contribution in [3.8, 4) is 11.3 Å². The standard InChI is InChI=1S/C22H25N3O2S/c1-15-6-8-16(9-7-15)18-14-24-21(27-18)11-10-20(26)23-13-12-22-25-17-4-2-3-5-19(17)28-22/h6-9,14H,2-5,10-13H2,1H3,(H,23,26). The number of hydrogen-bond donors (Lipinski definition) is 1. The van der Waals surface area contributed by atoms with Crippen LogP contribution in [-0.4, -0.2) is 22.4 Å². The van der Waals surface area contributed by atoms with E-state index in [1.54, 1.807) is 6.20 Å². The second-order valence-electron chi connectivity index (χ2n) is 7.27. The number of amides is 1. The van der Waals surface area contributed by atoms with E-state index in [1.165, 1.54) is 35.4 Å². The number of carbonyl (C=O) groups excluding carboxylic acids is 1. The zero-order valence-electron chi connectivity index (χ0n) is 16.2. The summed E-state index contributed by atoms with van der Waals surface area (Å²) < 4.78 is 5.78. The van der Waals surface area contributed by atoms with Crippen LogP contribution in [0.15, 0.2) is 34.9 Å². The summed E-state index contributed by atoms with van der Waals surface area (Å²) in [6, 6.07) is 8.12. The van der Waals surface area contributed by atoms with Gasteiger partial charge in [0.2, 0.25) is 5.91 Å². The summed E-state index contributed by atoms with van der Waals surface area (Å²) in [5.74, 6) is 1.36. The van der Waals surface area contributed by atoms with Gasteiger partial charge in [-0.2, -0.15) is 0 Å². The first kappa shape index (κ1) is 18.9. The first-order chi connectivity index (χ1) is 13.7. The molecule has 1 N–H and O–H groups in total. The number of aryl methyl sites for hydroxylation is 4. The molecule has 0 saturated carbocycles. The van der Waals surface area contributed by atoms with Crippen LogP contribution >= 0.6 is 11.3 Å². The van der Waals surface area contributed by atoms with Crippen LogP contribution in [0.1, 0.15) is 46.3 Å². The van der Waals surface area contributed by atoms with Gasteiger partial charge in [0.05, 0.1) is 16.9 Å². The molecule has 4 rings (SSSR count). The summed E-state index contributed by atoms with van der Waals surface area (Å²) in [4.78, 5) is 22.6. The molecule has 0 unspecified atom stereocenters. The zero-order chi connectivity index (χ0) is 19.3. The Kier molecular flexibility index (Phi) is 5.86. The first-order valence-electron chi connectivity index (χ1n) is 9.93. The van der Waals surface area contributed by atoms with E-state index in [0.717, 1.165) is 29.2 Å². The molecule has 1 aliphatic rings. The molecule has 2 aromatic heterocycles. The first-order valence-corrected chi connectivity index (χ1v) is 10.7. The smallest absolute Gasteiger partial charge is 0.220 e. The fourth-order valence-electron chi connectivity index (χ4n) is 3.41. The molecule has 5 nitrogen and oxygen atoms in total. The highest BCUT2D eigenvalue weighted by atomic mass is 32.1. The second-order valence-corrected chi connectivity index (χ2v) is 8.44. The average Bonchev–Trinajstić information content (AvgIpc) is 3.33. The highest BCUT2D eigenvalue weighted by molar-refractivity contribution is 7.11. The Balaban J connectivity index is 1.21. The Morgan fingerprint density at radius 3 is 2.82 bits per heavy atom. The third-order valence-electron chi connectivity index (χ3n) is 5.01. The van der Waals surface area contributed by atoms with Crippen molar-refractivity contribution in [2.45, 2.75) is 51.9 Å². The van der Waals surface area contributed by atoms with Crippen LogP contribution in [0.2, 0.25) is 0 Å². The van der Waals surface area contributed by atoms with E-state index in [2.05, 4.69) is 17.2 Å². The summed E-state index contributed by atoms with van der Waals surface area (Å²) in [5, 5.41) is 4.13. The van der Waals surface area contributed by atoms with E-state index >= 15 is 0 Å². The summed E-state index contributed by atoms with van der Waals surface area (Å²) >= 11 is 1.81. The van der Waals surface area contributed by atoms with Gasteiger partial charge in [0, 0.05) is 36.2 Å². The number of nitrogens with zero attached hydrogens (tertiary/aromatic N) is 2. The molecule has 0 spiro atoms. The highest BCUT2D eigenvalue weighted by Gasteiger charge is 2.15. The Labute approximate surface area is 169 Å². The number of carbonyl (C=O) groups is 1. The third-order valence-corrected chi connectivity index (χ3v) is 6.22. The van der Waals surface area contributed by atoms with Crippen LogP contribution in [-0.2, 0) is 30.5 Å². The normalized spacial score (nSPS) is 13.3. The summed E-state index contributed by atoms with van der Waals surface area (Å²) in [6.45, 7) is 2.68. The van der Waals surface area contributed by atoms with Gasteiger partial charge in [-0.25, -0.2) is 9.97 Å². The molecule has 0 radical (unpaired) electrons. The number of rotatable bonds is 7. The van der Waals surface area contributed by atoms with Gasteiger partial charge in [0.25, 0.3) is 0 Å². The van der Waals surface area contributed by atoms with E-state index in [4.69, 9.17) is 9.40 Å². The number of aromatic nitrogens is 2. The number of fused-ring (bicyclic) bond motifs is 1. The van der Waals surface area contributed by atoms with Gasteiger partial charge in [-0.05, 0) is 32.6 Å². The lowest BCUT2D eigenvalue weighted by atomic mass is 10.0. The topological polar surface area (TPSA) is 68.0 Å². The number of thiazole rings is 1. The quantitative estimate of drug-likeness (QED) is 0.648. The minimum absolute atomic E-state index is 0.0244. The van der Waals surface area contributed by atoms with E-state index in [-0.39, 0.29) is 5.91 Å². The Morgan fingerprint density at radius 1 is 1.18 bits per heavy atom. The van der Waals surface area contributed by atoms with Crippen molar-refractivity contribution in [2.24, 2.45) is 0 Å². The molecule has 0 bridgehead atoms. The van der Waals surface area contributed by atoms with E-state index in [9.17, 15) is 4.79 Å². The number of oxazole rings is 1. The van der Waals surface area contributed by atoms with Crippen molar-refractivity contribution >= 4 is 17.2 Å². The van der Waals surface area contributed by atoms with Crippen LogP contribution in [0.3, 0.4) is 0 Å². The van der Waals surface area contributed by atoms with Gasteiger partial charge in [0.1, 0.15) is 0 Å². The van der Waals surface area contributed by atoms with E-state index in [1.807, 2.05) is 35.6 Å². The van der Waals surface area contributed by atoms with Crippen molar-refractivity contribution in [1.29, 1.82) is 0 Å². The molecule has 6 heteroatoms. The number of nitrogens with one attached hydrogen (secondary N) is 1. The van der Waals surface area contributed by atoms with Crippen molar-refractivity contribution < 1.29 is 9.21 Å². The largest absolute Gasteiger partial charge is 0.441 e. The molecule has 0 saturated heterocycles. The molecule has 0 aliphatic heterocycles. The van der Waals surface area contributed by atoms with Gasteiger partial charge in [-0.1, -0.05) is 29.8 Å². The minimum atomic E-state index is 0.0244. The molecule has 1 aromatic carbocycles. The van der Waals surface area contributed by atoms with Crippen LogP contribution in [0.5, 0.6) is 0 Å². The lowest BCUT2D eigenvalue weighted by Crippen LogP contribution is -2.25. The molecule has 0 atom stereocenters. The van der Waals surface area contributed by atoms with E-state index in [0.29, 0.717) is 25.3 Å². The van der Waals surface area contributed by atoms with Gasteiger partial charge >= 0.3 is 0 Å². The molecule has 1 aliphatic carbocycles. The zero-order valence-corrected chi connectivity index (χ0v) is 17.0. The van der Waals surface area contributed by atoms with Crippen LogP contribution in [0.4, 0.5) is 0 Å². The minimum Gasteiger partial charge on any atom is -0.441 e. The van der Waals surface area contributed by atoms with Crippen molar-refractivity contribution in [2.75, 3.05) is 6.54 Å². The number of benzene rings is 1. The molecule has 0 fully saturated rings. The predicted octanol–water partition coefficient (Wildman–Crippen LogP) is 4.28. The molecule has 146 valence electrons. The van der Waals surface area contributed by atoms with Gasteiger partial charge in [0.15, 0.2) is 11.7 Å². The molecular formula is C22H25N3O2S. The average molecular weight is 396 g/mol. The van der Waals surface area contributed by atoms with Crippen molar-refractivity contribution in [3.05, 3.63) is 57.5 Å². The Morgan fingerprint density at radius 2 is 2.00 bits per heavy atom. The monoisotopic (exact) mass is 395 g/mol. The molecular weight excluding hydrogens is 370 g/mol. The summed E-state index contributed by atoms with van der Waals surface area (Å²) in [5.41, 5.74) is 3.49. The van der Waals surface area contributed by atoms with Gasteiger partial charge in [-0.3, -0.25) is 4.79 Å². The predicted molar refractivity (Wildman–Crippen MR) is 110 cm³/mol. The maximum atomic E-state index is 12.1. The summed E-state index contributed by atoms with van der Waals surface area (Å²) in [7, 11) is 0. The Bertz CT molecular complexity index is 920. The second kappa shape index (κ2) is 8.69. The van der Waals surface area contributed by atoms with Gasteiger partial charge < -0.3 is 9.73 Å². The van der Waals surface area contributed by atoms with Crippen LogP contribution in [0, 0.1) is 6.92 Å². The highest BCUT2D eigenvalue weighted by Crippen LogP contribution is 2.26. The van der Waals surface area contributed by atoms with Crippen LogP contribution < -0.4 is 5.32 Å². The summed E-state index contributed by atoms with van der Waals surface area (Å²) in [6.07, 6.45) is 8.21. The van der Waals surface area contributed by atoms with Crippen molar-refractivity contribution in [1.82, 2.24) is 15.3 Å². The molecule has 1 amide bonds. The fraction of sp³-hybridized carbons (Fsp3) is 0.409. The van der Waals surface area contributed by atoms with Gasteiger partial charge in [-0.15, -0.1) is 11.3 Å². The fourth-order valence-corrected chi connectivity index (χ4v) is 4.56. The van der Waals surface area contributed by atoms with E-state index < -0.39 is 0 Å². The third kappa shape index (κ3) is 4.68. The number of hydrogen-bond acceptors (Lipinski definition) is 5. The van der Waals surface area contributed by atoms with Crippen molar-refractivity contribution in [3.63, 3.8) is 0 Å². The molecule has 3 aromatic rings. The lowest BCUT2D eigenvalue weighted by Gasteiger charge is -2.06. The van der Waals surface area contributed by atoms with Crippen LogP contribution in [0.25, 0.3) is 11.3 Å². The maximum Gasteiger partial charge on any atom is 0.220 e.